The highest BCUT2D eigenvalue weighted by atomic mass is 19.1. The Balaban J connectivity index is 2.17. The van der Waals surface area contributed by atoms with E-state index >= 15 is 0 Å². The fourth-order valence-electron chi connectivity index (χ4n) is 1.70. The van der Waals surface area contributed by atoms with E-state index in [2.05, 4.69) is 10.3 Å². The largest absolute Gasteiger partial charge is 0.491 e. The van der Waals surface area contributed by atoms with Crippen LogP contribution in [-0.4, -0.2) is 33.3 Å². The number of ether oxygens (including phenoxy) is 1. The molecule has 0 aliphatic heterocycles. The molecule has 0 atom stereocenters. The van der Waals surface area contributed by atoms with E-state index in [9.17, 15) is 4.39 Å². The molecule has 6 heteroatoms. The van der Waals surface area contributed by atoms with Gasteiger partial charge in [-0.3, -0.25) is 0 Å². The Morgan fingerprint density at radius 2 is 2.26 bits per heavy atom. The lowest BCUT2D eigenvalue weighted by Gasteiger charge is -2.06. The van der Waals surface area contributed by atoms with Crippen molar-refractivity contribution in [2.45, 2.75) is 19.8 Å². The van der Waals surface area contributed by atoms with Gasteiger partial charge in [-0.05, 0) is 31.9 Å². The fraction of sp³-hybridized carbons (Fsp3) is 0.385. The maximum absolute atomic E-state index is 13.7. The molecule has 19 heavy (non-hydrogen) atoms. The second-order valence-corrected chi connectivity index (χ2v) is 4.03. The second-order valence-electron chi connectivity index (χ2n) is 4.03. The molecule has 0 spiro atoms. The molecule has 0 saturated heterocycles. The standard InChI is InChI=1S/C13H16FN3O2/c1-2-19-13-6-5-11(8-12(13)14)17-9-10(15-16-17)4-3-7-18/h5-6,8-9,18H,2-4,7H2,1H3. The fourth-order valence-corrected chi connectivity index (χ4v) is 1.70. The average molecular weight is 265 g/mol. The maximum atomic E-state index is 13.7. The molecule has 1 aromatic heterocycles. The first kappa shape index (κ1) is 13.5. The van der Waals surface area contributed by atoms with Crippen LogP contribution in [0.1, 0.15) is 19.0 Å². The molecule has 1 N–H and O–H groups in total. The number of aliphatic hydroxyl groups excluding tert-OH is 1. The second kappa shape index (κ2) is 6.29. The number of benzene rings is 1. The minimum absolute atomic E-state index is 0.116. The smallest absolute Gasteiger partial charge is 0.167 e. The molecular weight excluding hydrogens is 249 g/mol. The van der Waals surface area contributed by atoms with E-state index in [0.717, 1.165) is 5.69 Å². The third-order valence-corrected chi connectivity index (χ3v) is 2.61. The molecule has 2 aromatic rings. The Kier molecular flexibility index (Phi) is 4.46. The highest BCUT2D eigenvalue weighted by Crippen LogP contribution is 2.20. The number of halogens is 1. The van der Waals surface area contributed by atoms with Gasteiger partial charge >= 0.3 is 0 Å². The number of aryl methyl sites for hydroxylation is 1. The van der Waals surface area contributed by atoms with Gasteiger partial charge in [0.05, 0.1) is 24.2 Å². The monoisotopic (exact) mass is 265 g/mol. The molecule has 0 fully saturated rings. The van der Waals surface area contributed by atoms with Gasteiger partial charge in [-0.1, -0.05) is 5.21 Å². The highest BCUT2D eigenvalue weighted by Gasteiger charge is 2.07. The van der Waals surface area contributed by atoms with Crippen LogP contribution in [0.4, 0.5) is 4.39 Å². The third kappa shape index (κ3) is 3.29. The van der Waals surface area contributed by atoms with Crippen LogP contribution in [0.2, 0.25) is 0 Å². The molecule has 0 unspecified atom stereocenters. The first-order chi connectivity index (χ1) is 9.24. The SMILES string of the molecule is CCOc1ccc(-n2cc(CCCO)nn2)cc1F. The zero-order chi connectivity index (χ0) is 13.7. The Hall–Kier alpha value is -1.95. The van der Waals surface area contributed by atoms with Crippen LogP contribution in [0.5, 0.6) is 5.75 Å². The summed E-state index contributed by atoms with van der Waals surface area (Å²) in [4.78, 5) is 0. The van der Waals surface area contributed by atoms with Gasteiger partial charge in [0, 0.05) is 12.7 Å². The molecule has 0 bridgehead atoms. The van der Waals surface area contributed by atoms with Crippen molar-refractivity contribution in [3.8, 4) is 11.4 Å². The Morgan fingerprint density at radius 1 is 1.42 bits per heavy atom. The molecule has 0 radical (unpaired) electrons. The maximum Gasteiger partial charge on any atom is 0.167 e. The molecule has 1 aromatic carbocycles. The first-order valence-electron chi connectivity index (χ1n) is 6.19. The lowest BCUT2D eigenvalue weighted by Crippen LogP contribution is -1.99. The topological polar surface area (TPSA) is 60.2 Å². The normalized spacial score (nSPS) is 10.7. The average Bonchev–Trinajstić information content (AvgIpc) is 2.88. The van der Waals surface area contributed by atoms with E-state index in [4.69, 9.17) is 9.84 Å². The van der Waals surface area contributed by atoms with Gasteiger partial charge in [0.15, 0.2) is 11.6 Å². The van der Waals surface area contributed by atoms with Crippen molar-refractivity contribution in [1.29, 1.82) is 0 Å². The Labute approximate surface area is 110 Å². The number of hydrogen-bond donors (Lipinski definition) is 1. The number of aromatic nitrogens is 3. The Bertz CT molecular complexity index is 542. The molecule has 0 aliphatic carbocycles. The predicted octanol–water partition coefficient (Wildman–Crippen LogP) is 1.73. The van der Waals surface area contributed by atoms with E-state index in [1.165, 1.54) is 10.7 Å². The van der Waals surface area contributed by atoms with Crippen LogP contribution in [0, 0.1) is 5.82 Å². The van der Waals surface area contributed by atoms with Gasteiger partial charge < -0.3 is 9.84 Å². The summed E-state index contributed by atoms with van der Waals surface area (Å²) in [7, 11) is 0. The van der Waals surface area contributed by atoms with E-state index in [1.807, 2.05) is 0 Å². The Morgan fingerprint density at radius 3 is 2.95 bits per heavy atom. The van der Waals surface area contributed by atoms with Crippen molar-refractivity contribution < 1.29 is 14.2 Å². The van der Waals surface area contributed by atoms with Gasteiger partial charge in [0.1, 0.15) is 0 Å². The van der Waals surface area contributed by atoms with Crippen LogP contribution in [0.15, 0.2) is 24.4 Å². The van der Waals surface area contributed by atoms with Gasteiger partial charge in [0.25, 0.3) is 0 Å². The summed E-state index contributed by atoms with van der Waals surface area (Å²) in [5.74, 6) is -0.196. The van der Waals surface area contributed by atoms with E-state index < -0.39 is 5.82 Å². The first-order valence-corrected chi connectivity index (χ1v) is 6.19. The van der Waals surface area contributed by atoms with Crippen molar-refractivity contribution in [3.05, 3.63) is 35.9 Å². The molecule has 102 valence electrons. The van der Waals surface area contributed by atoms with Crippen molar-refractivity contribution in [1.82, 2.24) is 15.0 Å². The molecule has 5 nitrogen and oxygen atoms in total. The molecule has 0 aliphatic rings. The highest BCUT2D eigenvalue weighted by molar-refractivity contribution is 5.38. The lowest BCUT2D eigenvalue weighted by atomic mass is 10.2. The summed E-state index contributed by atoms with van der Waals surface area (Å²) in [6.07, 6.45) is 3.01. The summed E-state index contributed by atoms with van der Waals surface area (Å²) in [6.45, 7) is 2.34. The summed E-state index contributed by atoms with van der Waals surface area (Å²) < 4.78 is 20.4. The minimum atomic E-state index is -0.424. The van der Waals surface area contributed by atoms with E-state index in [-0.39, 0.29) is 12.4 Å². The van der Waals surface area contributed by atoms with Crippen LogP contribution < -0.4 is 4.74 Å². The van der Waals surface area contributed by atoms with Gasteiger partial charge in [0.2, 0.25) is 0 Å². The van der Waals surface area contributed by atoms with E-state index in [1.54, 1.807) is 25.3 Å². The quantitative estimate of drug-likeness (QED) is 0.864. The number of rotatable bonds is 6. The summed E-state index contributed by atoms with van der Waals surface area (Å²) in [5, 5.41) is 16.7. The van der Waals surface area contributed by atoms with Crippen molar-refractivity contribution in [3.63, 3.8) is 0 Å². The van der Waals surface area contributed by atoms with Crippen molar-refractivity contribution in [2.24, 2.45) is 0 Å². The summed E-state index contributed by atoms with van der Waals surface area (Å²) >= 11 is 0. The van der Waals surface area contributed by atoms with Crippen LogP contribution in [-0.2, 0) is 6.42 Å². The van der Waals surface area contributed by atoms with E-state index in [0.29, 0.717) is 25.1 Å². The molecule has 2 rings (SSSR count). The summed E-state index contributed by atoms with van der Waals surface area (Å²) in [6, 6.07) is 4.65. The lowest BCUT2D eigenvalue weighted by molar-refractivity contribution is 0.288. The summed E-state index contributed by atoms with van der Waals surface area (Å²) in [5.41, 5.74) is 1.35. The predicted molar refractivity (Wildman–Crippen MR) is 67.9 cm³/mol. The third-order valence-electron chi connectivity index (χ3n) is 2.61. The molecule has 0 saturated carbocycles. The van der Waals surface area contributed by atoms with Crippen LogP contribution in [0.25, 0.3) is 5.69 Å². The number of nitrogens with zero attached hydrogens (tertiary/aromatic N) is 3. The number of hydrogen-bond acceptors (Lipinski definition) is 4. The van der Waals surface area contributed by atoms with Crippen molar-refractivity contribution in [2.75, 3.05) is 13.2 Å². The molecule has 1 heterocycles. The minimum Gasteiger partial charge on any atom is -0.491 e. The van der Waals surface area contributed by atoms with Gasteiger partial charge in [-0.25, -0.2) is 9.07 Å². The van der Waals surface area contributed by atoms with Crippen molar-refractivity contribution >= 4 is 0 Å². The zero-order valence-corrected chi connectivity index (χ0v) is 10.7. The van der Waals surface area contributed by atoms with Gasteiger partial charge in [-0.2, -0.15) is 0 Å². The molecular formula is C13H16FN3O2. The van der Waals surface area contributed by atoms with Crippen LogP contribution in [0.3, 0.4) is 0 Å². The number of aliphatic hydroxyl groups is 1. The zero-order valence-electron chi connectivity index (χ0n) is 10.7. The van der Waals surface area contributed by atoms with Crippen LogP contribution >= 0.6 is 0 Å². The molecule has 0 amide bonds. The van der Waals surface area contributed by atoms with Gasteiger partial charge in [-0.15, -0.1) is 5.10 Å².